The summed E-state index contributed by atoms with van der Waals surface area (Å²) in [5.41, 5.74) is 0. The van der Waals surface area contributed by atoms with Gasteiger partial charge in [-0.05, 0) is 38.1 Å². The quantitative estimate of drug-likeness (QED) is 0.572. The van der Waals surface area contributed by atoms with Crippen molar-refractivity contribution >= 4 is 5.91 Å². The summed E-state index contributed by atoms with van der Waals surface area (Å²) in [5, 5.41) is 10.1. The number of rotatable bonds is 8. The van der Waals surface area contributed by atoms with Crippen molar-refractivity contribution in [2.24, 2.45) is 5.92 Å². The van der Waals surface area contributed by atoms with Crippen molar-refractivity contribution in [3.05, 3.63) is 0 Å². The molecule has 2 rings (SSSR count). The lowest BCUT2D eigenvalue weighted by molar-refractivity contribution is -0.121. The number of nitrogens with one attached hydrogen (secondary N) is 3. The van der Waals surface area contributed by atoms with Crippen molar-refractivity contribution in [1.82, 2.24) is 16.0 Å². The summed E-state index contributed by atoms with van der Waals surface area (Å²) < 4.78 is 4.91. The van der Waals surface area contributed by atoms with E-state index in [0.29, 0.717) is 31.7 Å². The number of carbonyl (C=O) groups is 1. The van der Waals surface area contributed by atoms with Crippen LogP contribution in [0.3, 0.4) is 0 Å². The molecule has 0 aromatic heterocycles. The summed E-state index contributed by atoms with van der Waals surface area (Å²) >= 11 is 0. The molecule has 5 heteroatoms. The molecule has 1 saturated heterocycles. The average Bonchev–Trinajstić information content (AvgIpc) is 3.09. The molecule has 1 aliphatic carbocycles. The van der Waals surface area contributed by atoms with Crippen molar-refractivity contribution < 1.29 is 9.53 Å². The highest BCUT2D eigenvalue weighted by molar-refractivity contribution is 5.76. The van der Waals surface area contributed by atoms with Crippen LogP contribution in [0.1, 0.15) is 38.5 Å². The van der Waals surface area contributed by atoms with Crippen LogP contribution in [-0.2, 0) is 9.53 Å². The van der Waals surface area contributed by atoms with Crippen LogP contribution in [0.25, 0.3) is 0 Å². The zero-order valence-corrected chi connectivity index (χ0v) is 12.6. The molecule has 0 bridgehead atoms. The van der Waals surface area contributed by atoms with Crippen LogP contribution in [0.4, 0.5) is 0 Å². The number of hydrogen-bond donors (Lipinski definition) is 3. The number of methoxy groups -OCH3 is 1. The molecule has 1 heterocycles. The predicted molar refractivity (Wildman–Crippen MR) is 79.7 cm³/mol. The molecule has 1 saturated carbocycles. The van der Waals surface area contributed by atoms with Crippen molar-refractivity contribution in [2.75, 3.05) is 33.4 Å². The fourth-order valence-electron chi connectivity index (χ4n) is 3.55. The van der Waals surface area contributed by atoms with E-state index in [1.54, 1.807) is 7.11 Å². The SMILES string of the molecule is COCCNC(=O)CCNC1CCCC1C1CCCN1. The maximum atomic E-state index is 11.6. The highest BCUT2D eigenvalue weighted by Gasteiger charge is 2.34. The van der Waals surface area contributed by atoms with Gasteiger partial charge in [0.2, 0.25) is 5.91 Å². The normalized spacial score (nSPS) is 29.8. The summed E-state index contributed by atoms with van der Waals surface area (Å²) in [6.45, 7) is 3.15. The van der Waals surface area contributed by atoms with Crippen molar-refractivity contribution in [1.29, 1.82) is 0 Å². The van der Waals surface area contributed by atoms with E-state index >= 15 is 0 Å². The molecule has 0 aromatic carbocycles. The number of hydrogen-bond acceptors (Lipinski definition) is 4. The van der Waals surface area contributed by atoms with Crippen LogP contribution >= 0.6 is 0 Å². The molecule has 1 aliphatic heterocycles. The third kappa shape index (κ3) is 4.72. The Morgan fingerprint density at radius 1 is 1.25 bits per heavy atom. The van der Waals surface area contributed by atoms with Gasteiger partial charge in [0.1, 0.15) is 0 Å². The molecule has 3 atom stereocenters. The highest BCUT2D eigenvalue weighted by atomic mass is 16.5. The largest absolute Gasteiger partial charge is 0.383 e. The number of carbonyl (C=O) groups excluding carboxylic acids is 1. The number of ether oxygens (including phenoxy) is 1. The van der Waals surface area contributed by atoms with E-state index in [2.05, 4.69) is 16.0 Å². The molecule has 1 amide bonds. The van der Waals surface area contributed by atoms with Crippen LogP contribution < -0.4 is 16.0 Å². The minimum Gasteiger partial charge on any atom is -0.383 e. The number of amides is 1. The molecule has 0 aromatic rings. The van der Waals surface area contributed by atoms with Gasteiger partial charge in [0.05, 0.1) is 6.61 Å². The van der Waals surface area contributed by atoms with Crippen LogP contribution in [0.5, 0.6) is 0 Å². The molecule has 116 valence electrons. The third-order valence-electron chi connectivity index (χ3n) is 4.57. The first-order valence-electron chi connectivity index (χ1n) is 8.03. The van der Waals surface area contributed by atoms with Gasteiger partial charge in [-0.1, -0.05) is 6.42 Å². The van der Waals surface area contributed by atoms with Gasteiger partial charge in [-0.25, -0.2) is 0 Å². The van der Waals surface area contributed by atoms with E-state index in [9.17, 15) is 4.79 Å². The Kier molecular flexibility index (Phi) is 6.76. The molecule has 20 heavy (non-hydrogen) atoms. The van der Waals surface area contributed by atoms with Gasteiger partial charge in [0.15, 0.2) is 0 Å². The topological polar surface area (TPSA) is 62.4 Å². The average molecular weight is 283 g/mol. The monoisotopic (exact) mass is 283 g/mol. The molecule has 3 unspecified atom stereocenters. The van der Waals surface area contributed by atoms with Crippen LogP contribution in [-0.4, -0.2) is 51.3 Å². The Morgan fingerprint density at radius 2 is 2.15 bits per heavy atom. The van der Waals surface area contributed by atoms with Gasteiger partial charge in [0, 0.05) is 38.7 Å². The van der Waals surface area contributed by atoms with E-state index in [4.69, 9.17) is 4.74 Å². The fraction of sp³-hybridized carbons (Fsp3) is 0.933. The second-order valence-corrected chi connectivity index (χ2v) is 5.95. The van der Waals surface area contributed by atoms with Crippen LogP contribution in [0, 0.1) is 5.92 Å². The molecular weight excluding hydrogens is 254 g/mol. The zero-order valence-electron chi connectivity index (χ0n) is 12.6. The Bertz CT molecular complexity index is 293. The fourth-order valence-corrected chi connectivity index (χ4v) is 3.55. The standard InChI is InChI=1S/C15H29N3O2/c1-20-11-10-18-15(19)7-9-17-13-5-2-4-12(13)14-6-3-8-16-14/h12-14,16-17H,2-11H2,1H3,(H,18,19). The first kappa shape index (κ1) is 15.7. The predicted octanol–water partition coefficient (Wildman–Crippen LogP) is 0.649. The van der Waals surface area contributed by atoms with E-state index in [1.165, 1.54) is 38.6 Å². The maximum absolute atomic E-state index is 11.6. The zero-order chi connectivity index (χ0) is 14.2. The molecule has 5 nitrogen and oxygen atoms in total. The molecular formula is C15H29N3O2. The first-order valence-corrected chi connectivity index (χ1v) is 8.03. The van der Waals surface area contributed by atoms with Crippen LogP contribution in [0.15, 0.2) is 0 Å². The summed E-state index contributed by atoms with van der Waals surface area (Å²) in [5.74, 6) is 0.872. The molecule has 0 radical (unpaired) electrons. The lowest BCUT2D eigenvalue weighted by Crippen LogP contribution is -2.43. The molecule has 3 N–H and O–H groups in total. The summed E-state index contributed by atoms with van der Waals surface area (Å²) in [6, 6.07) is 1.29. The van der Waals surface area contributed by atoms with Gasteiger partial charge in [0.25, 0.3) is 0 Å². The molecule has 2 fully saturated rings. The Labute approximate surface area is 122 Å². The van der Waals surface area contributed by atoms with Gasteiger partial charge in [-0.15, -0.1) is 0 Å². The van der Waals surface area contributed by atoms with Gasteiger partial charge in [-0.2, -0.15) is 0 Å². The van der Waals surface area contributed by atoms with E-state index in [-0.39, 0.29) is 5.91 Å². The molecule has 2 aliphatic rings. The van der Waals surface area contributed by atoms with E-state index in [0.717, 1.165) is 12.5 Å². The summed E-state index contributed by atoms with van der Waals surface area (Å²) in [4.78, 5) is 11.6. The van der Waals surface area contributed by atoms with Crippen molar-refractivity contribution in [3.8, 4) is 0 Å². The second kappa shape index (κ2) is 8.60. The van der Waals surface area contributed by atoms with Crippen molar-refractivity contribution in [3.63, 3.8) is 0 Å². The summed E-state index contributed by atoms with van der Waals surface area (Å²) in [7, 11) is 1.64. The van der Waals surface area contributed by atoms with Gasteiger partial charge >= 0.3 is 0 Å². The Hall–Kier alpha value is -0.650. The van der Waals surface area contributed by atoms with E-state index in [1.807, 2.05) is 0 Å². The summed E-state index contributed by atoms with van der Waals surface area (Å²) in [6.07, 6.45) is 7.10. The molecule has 0 spiro atoms. The van der Waals surface area contributed by atoms with Gasteiger partial charge in [-0.3, -0.25) is 4.79 Å². The lowest BCUT2D eigenvalue weighted by Gasteiger charge is -2.26. The minimum atomic E-state index is 0.114. The second-order valence-electron chi connectivity index (χ2n) is 5.95. The third-order valence-corrected chi connectivity index (χ3v) is 4.57. The highest BCUT2D eigenvalue weighted by Crippen LogP contribution is 2.31. The van der Waals surface area contributed by atoms with Crippen LogP contribution in [0.2, 0.25) is 0 Å². The maximum Gasteiger partial charge on any atom is 0.221 e. The Balaban J connectivity index is 1.61. The smallest absolute Gasteiger partial charge is 0.221 e. The Morgan fingerprint density at radius 3 is 2.90 bits per heavy atom. The van der Waals surface area contributed by atoms with Gasteiger partial charge < -0.3 is 20.7 Å². The van der Waals surface area contributed by atoms with Crippen molar-refractivity contribution in [2.45, 2.75) is 50.6 Å². The van der Waals surface area contributed by atoms with E-state index < -0.39 is 0 Å². The minimum absolute atomic E-state index is 0.114. The lowest BCUT2D eigenvalue weighted by atomic mass is 9.93. The first-order chi connectivity index (χ1) is 9.81.